The van der Waals surface area contributed by atoms with E-state index in [1.807, 2.05) is 6.92 Å². The van der Waals surface area contributed by atoms with Crippen molar-refractivity contribution >= 4 is 5.91 Å². The summed E-state index contributed by atoms with van der Waals surface area (Å²) in [7, 11) is 0. The summed E-state index contributed by atoms with van der Waals surface area (Å²) in [5.41, 5.74) is -2.91. The Hall–Kier alpha value is -1.73. The molecule has 0 aliphatic heterocycles. The Morgan fingerprint density at radius 1 is 1.00 bits per heavy atom. The summed E-state index contributed by atoms with van der Waals surface area (Å²) in [5.74, 6) is -0.409. The van der Waals surface area contributed by atoms with E-state index < -0.39 is 29.4 Å². The van der Waals surface area contributed by atoms with Crippen LogP contribution in [0.1, 0.15) is 36.5 Å². The summed E-state index contributed by atoms with van der Waals surface area (Å²) in [6.45, 7) is 2.23. The van der Waals surface area contributed by atoms with E-state index in [0.717, 1.165) is 0 Å². The number of carbonyl (C=O) groups excluding carboxylic acids is 1. The molecule has 0 aliphatic carbocycles. The van der Waals surface area contributed by atoms with E-state index in [1.165, 1.54) is 0 Å². The van der Waals surface area contributed by atoms with E-state index in [4.69, 9.17) is 0 Å². The first kappa shape index (κ1) is 18.3. The number of nitrogens with one attached hydrogen (secondary N) is 1. The van der Waals surface area contributed by atoms with Crippen LogP contribution >= 0.6 is 0 Å². The summed E-state index contributed by atoms with van der Waals surface area (Å²) in [4.78, 5) is 11.4. The molecule has 0 radical (unpaired) electrons. The maximum atomic E-state index is 12.7. The molecule has 1 aromatic carbocycles. The molecule has 1 N–H and O–H groups in total. The zero-order valence-electron chi connectivity index (χ0n) is 11.7. The van der Waals surface area contributed by atoms with Gasteiger partial charge in [0.05, 0.1) is 11.1 Å². The summed E-state index contributed by atoms with van der Waals surface area (Å²) >= 11 is 0. The highest BCUT2D eigenvalue weighted by Crippen LogP contribution is 2.36. The van der Waals surface area contributed by atoms with Crippen molar-refractivity contribution in [2.75, 3.05) is 6.54 Å². The van der Waals surface area contributed by atoms with Gasteiger partial charge in [0.1, 0.15) is 0 Å². The quantitative estimate of drug-likeness (QED) is 0.808. The van der Waals surface area contributed by atoms with Gasteiger partial charge in [0, 0.05) is 13.0 Å². The molecule has 1 rings (SSSR count). The Kier molecular flexibility index (Phi) is 5.85. The third-order valence-corrected chi connectivity index (χ3v) is 2.86. The van der Waals surface area contributed by atoms with E-state index in [1.54, 1.807) is 0 Å². The molecule has 2 nitrogen and oxygen atoms in total. The van der Waals surface area contributed by atoms with Crippen molar-refractivity contribution in [3.05, 3.63) is 34.9 Å². The van der Waals surface area contributed by atoms with Crippen LogP contribution in [0, 0.1) is 0 Å². The van der Waals surface area contributed by atoms with Gasteiger partial charge in [-0.2, -0.15) is 26.3 Å². The lowest BCUT2D eigenvalue weighted by Crippen LogP contribution is -2.24. The first-order chi connectivity index (χ1) is 10.0. The lowest BCUT2D eigenvalue weighted by Gasteiger charge is -2.14. The molecule has 22 heavy (non-hydrogen) atoms. The molecule has 0 saturated heterocycles. The van der Waals surface area contributed by atoms with Crippen LogP contribution in [0.2, 0.25) is 0 Å². The average molecular weight is 327 g/mol. The number of aryl methyl sites for hydroxylation is 1. The standard InChI is InChI=1S/C14H15F6NO/c1-2-5-21-12(22)4-3-9-6-10(13(15,16)17)8-11(7-9)14(18,19)20/h6-8H,2-5H2,1H3,(H,21,22). The lowest BCUT2D eigenvalue weighted by atomic mass is 10.0. The minimum atomic E-state index is -4.87. The molecule has 1 amide bonds. The number of carbonyl (C=O) groups is 1. The highest BCUT2D eigenvalue weighted by molar-refractivity contribution is 5.76. The fraction of sp³-hybridized carbons (Fsp3) is 0.500. The van der Waals surface area contributed by atoms with Crippen molar-refractivity contribution in [3.63, 3.8) is 0 Å². The van der Waals surface area contributed by atoms with E-state index >= 15 is 0 Å². The van der Waals surface area contributed by atoms with Crippen LogP contribution < -0.4 is 5.32 Å². The number of benzene rings is 1. The number of hydrogen-bond acceptors (Lipinski definition) is 1. The highest BCUT2D eigenvalue weighted by atomic mass is 19.4. The molecular weight excluding hydrogens is 312 g/mol. The van der Waals surface area contributed by atoms with E-state index in [0.29, 0.717) is 25.1 Å². The largest absolute Gasteiger partial charge is 0.416 e. The fourth-order valence-corrected chi connectivity index (χ4v) is 1.77. The molecule has 8 heteroatoms. The molecule has 0 unspecified atom stereocenters. The number of hydrogen-bond donors (Lipinski definition) is 1. The zero-order valence-corrected chi connectivity index (χ0v) is 11.7. The summed E-state index contributed by atoms with van der Waals surface area (Å²) in [6, 6.07) is 1.35. The van der Waals surface area contributed by atoms with Gasteiger partial charge < -0.3 is 5.32 Å². The first-order valence-corrected chi connectivity index (χ1v) is 6.59. The number of amides is 1. The van der Waals surface area contributed by atoms with E-state index in [2.05, 4.69) is 5.32 Å². The molecule has 0 aromatic heterocycles. The van der Waals surface area contributed by atoms with Gasteiger partial charge in [0.15, 0.2) is 0 Å². The van der Waals surface area contributed by atoms with Crippen molar-refractivity contribution < 1.29 is 31.1 Å². The Morgan fingerprint density at radius 2 is 1.50 bits per heavy atom. The van der Waals surface area contributed by atoms with Crippen LogP contribution in [-0.2, 0) is 23.6 Å². The lowest BCUT2D eigenvalue weighted by molar-refractivity contribution is -0.143. The normalized spacial score (nSPS) is 12.3. The molecule has 0 heterocycles. The summed E-state index contributed by atoms with van der Waals surface area (Å²) in [6.07, 6.45) is -9.42. The van der Waals surface area contributed by atoms with Crippen molar-refractivity contribution in [1.29, 1.82) is 0 Å². The van der Waals surface area contributed by atoms with Gasteiger partial charge in [-0.3, -0.25) is 4.79 Å². The second-order valence-corrected chi connectivity index (χ2v) is 4.76. The Balaban J connectivity index is 2.96. The maximum Gasteiger partial charge on any atom is 0.416 e. The van der Waals surface area contributed by atoms with Gasteiger partial charge in [-0.15, -0.1) is 0 Å². The Labute approximate surface area is 123 Å². The van der Waals surface area contributed by atoms with Gasteiger partial charge >= 0.3 is 12.4 Å². The summed E-state index contributed by atoms with van der Waals surface area (Å²) in [5, 5.41) is 2.51. The van der Waals surface area contributed by atoms with Gasteiger partial charge in [0.25, 0.3) is 0 Å². The van der Waals surface area contributed by atoms with Crippen molar-refractivity contribution in [2.24, 2.45) is 0 Å². The van der Waals surface area contributed by atoms with Crippen molar-refractivity contribution in [2.45, 2.75) is 38.5 Å². The topological polar surface area (TPSA) is 29.1 Å². The van der Waals surface area contributed by atoms with E-state index in [9.17, 15) is 31.1 Å². The predicted octanol–water partition coefficient (Wildman–Crippen LogP) is 4.18. The second-order valence-electron chi connectivity index (χ2n) is 4.76. The van der Waals surface area contributed by atoms with Crippen LogP contribution in [0.25, 0.3) is 0 Å². The molecule has 1 aromatic rings. The molecule has 0 spiro atoms. The minimum Gasteiger partial charge on any atom is -0.356 e. The minimum absolute atomic E-state index is 0.0701. The molecule has 0 fully saturated rings. The molecule has 0 aliphatic rings. The predicted molar refractivity (Wildman–Crippen MR) is 68.1 cm³/mol. The zero-order chi connectivity index (χ0) is 17.0. The van der Waals surface area contributed by atoms with Crippen molar-refractivity contribution in [3.8, 4) is 0 Å². The van der Waals surface area contributed by atoms with Crippen LogP contribution in [0.3, 0.4) is 0 Å². The summed E-state index contributed by atoms with van der Waals surface area (Å²) < 4.78 is 75.9. The average Bonchev–Trinajstić information content (AvgIpc) is 2.40. The molecule has 0 bridgehead atoms. The van der Waals surface area contributed by atoms with Crippen LogP contribution in [0.5, 0.6) is 0 Å². The molecular formula is C14H15F6NO. The fourth-order valence-electron chi connectivity index (χ4n) is 1.77. The SMILES string of the molecule is CCCNC(=O)CCc1cc(C(F)(F)F)cc(C(F)(F)F)c1. The first-order valence-electron chi connectivity index (χ1n) is 6.59. The molecule has 0 saturated carbocycles. The molecule has 124 valence electrons. The molecule has 0 atom stereocenters. The Bertz CT molecular complexity index is 489. The Morgan fingerprint density at radius 3 is 1.91 bits per heavy atom. The van der Waals surface area contributed by atoms with Gasteiger partial charge in [-0.05, 0) is 36.6 Å². The van der Waals surface area contributed by atoms with Crippen LogP contribution in [-0.4, -0.2) is 12.5 Å². The smallest absolute Gasteiger partial charge is 0.356 e. The number of halogens is 6. The number of alkyl halides is 6. The van der Waals surface area contributed by atoms with Gasteiger partial charge in [-0.1, -0.05) is 6.92 Å². The van der Waals surface area contributed by atoms with Crippen molar-refractivity contribution in [1.82, 2.24) is 5.32 Å². The monoisotopic (exact) mass is 327 g/mol. The second kappa shape index (κ2) is 7.02. The number of rotatable bonds is 5. The van der Waals surface area contributed by atoms with E-state index in [-0.39, 0.29) is 24.5 Å². The highest BCUT2D eigenvalue weighted by Gasteiger charge is 2.36. The maximum absolute atomic E-state index is 12.7. The third-order valence-electron chi connectivity index (χ3n) is 2.86. The van der Waals surface area contributed by atoms with Gasteiger partial charge in [0.2, 0.25) is 5.91 Å². The van der Waals surface area contributed by atoms with Gasteiger partial charge in [-0.25, -0.2) is 0 Å². The van der Waals surface area contributed by atoms with Crippen LogP contribution in [0.15, 0.2) is 18.2 Å². The van der Waals surface area contributed by atoms with Crippen LogP contribution in [0.4, 0.5) is 26.3 Å². The third kappa shape index (κ3) is 5.57.